The third-order valence-corrected chi connectivity index (χ3v) is 10.1. The molecule has 1 saturated carbocycles. The van der Waals surface area contributed by atoms with E-state index in [9.17, 15) is 18.0 Å². The van der Waals surface area contributed by atoms with Gasteiger partial charge in [0.05, 0.1) is 17.7 Å². The summed E-state index contributed by atoms with van der Waals surface area (Å²) in [6, 6.07) is 17.0. The van der Waals surface area contributed by atoms with Crippen molar-refractivity contribution in [1.29, 1.82) is 0 Å². The molecule has 11 heteroatoms. The Balaban J connectivity index is 1.73. The number of halogens is 2. The number of nitrogens with zero attached hydrogens (tertiary/aromatic N) is 2. The van der Waals surface area contributed by atoms with E-state index in [0.717, 1.165) is 35.6 Å². The van der Waals surface area contributed by atoms with E-state index in [-0.39, 0.29) is 29.1 Å². The number of carbonyl (C=O) groups is 2. The molecule has 1 N–H and O–H groups in total. The molecular formula is C32H37Cl2N3O5S. The molecule has 230 valence electrons. The number of carbonyl (C=O) groups excluding carboxylic acids is 2. The molecule has 2 amide bonds. The molecule has 8 nitrogen and oxygen atoms in total. The molecule has 1 aliphatic carbocycles. The zero-order valence-corrected chi connectivity index (χ0v) is 26.9. The summed E-state index contributed by atoms with van der Waals surface area (Å²) in [4.78, 5) is 29.3. The Bertz CT molecular complexity index is 1530. The number of ether oxygens (including phenoxy) is 1. The summed E-state index contributed by atoms with van der Waals surface area (Å²) in [7, 11) is -2.66. The quantitative estimate of drug-likeness (QED) is 0.247. The lowest BCUT2D eigenvalue weighted by Crippen LogP contribution is -2.53. The summed E-state index contributed by atoms with van der Waals surface area (Å²) in [5.41, 5.74) is 1.77. The second kappa shape index (κ2) is 14.5. The van der Waals surface area contributed by atoms with Crippen LogP contribution in [0.4, 0.5) is 5.69 Å². The van der Waals surface area contributed by atoms with Crippen LogP contribution < -0.4 is 14.4 Å². The Kier molecular flexibility index (Phi) is 11.0. The van der Waals surface area contributed by atoms with Crippen molar-refractivity contribution in [2.75, 3.05) is 18.0 Å². The van der Waals surface area contributed by atoms with Crippen LogP contribution in [0.5, 0.6) is 5.75 Å². The maximum Gasteiger partial charge on any atom is 0.264 e. The highest BCUT2D eigenvalue weighted by molar-refractivity contribution is 7.92. The lowest BCUT2D eigenvalue weighted by atomic mass is 10.1. The Labute approximate surface area is 264 Å². The molecule has 1 fully saturated rings. The molecule has 0 saturated heterocycles. The first kappa shape index (κ1) is 32.6. The predicted octanol–water partition coefficient (Wildman–Crippen LogP) is 6.37. The molecule has 1 atom stereocenters. The first-order chi connectivity index (χ1) is 20.5. The van der Waals surface area contributed by atoms with Gasteiger partial charge in [0.25, 0.3) is 10.0 Å². The van der Waals surface area contributed by atoms with Crippen LogP contribution in [0.25, 0.3) is 0 Å². The van der Waals surface area contributed by atoms with Gasteiger partial charge in [0, 0.05) is 22.6 Å². The van der Waals surface area contributed by atoms with Gasteiger partial charge in [-0.3, -0.25) is 13.9 Å². The molecule has 1 aliphatic rings. The number of anilines is 1. The topological polar surface area (TPSA) is 96.0 Å². The van der Waals surface area contributed by atoms with Gasteiger partial charge in [0.15, 0.2) is 0 Å². The molecule has 43 heavy (non-hydrogen) atoms. The van der Waals surface area contributed by atoms with Gasteiger partial charge in [-0.05, 0) is 80.3 Å². The van der Waals surface area contributed by atoms with Crippen molar-refractivity contribution in [2.45, 2.75) is 69.5 Å². The van der Waals surface area contributed by atoms with E-state index < -0.39 is 28.5 Å². The Morgan fingerprint density at radius 1 is 1.00 bits per heavy atom. The summed E-state index contributed by atoms with van der Waals surface area (Å²) < 4.78 is 34.4. The van der Waals surface area contributed by atoms with E-state index in [1.807, 2.05) is 13.8 Å². The molecule has 0 aliphatic heterocycles. The van der Waals surface area contributed by atoms with Crippen molar-refractivity contribution in [3.8, 4) is 5.75 Å². The number of hydrogen-bond acceptors (Lipinski definition) is 5. The van der Waals surface area contributed by atoms with Gasteiger partial charge >= 0.3 is 0 Å². The number of sulfonamides is 1. The van der Waals surface area contributed by atoms with E-state index in [1.165, 1.54) is 24.1 Å². The van der Waals surface area contributed by atoms with Crippen LogP contribution in [0.3, 0.4) is 0 Å². The third-order valence-electron chi connectivity index (χ3n) is 7.69. The van der Waals surface area contributed by atoms with Gasteiger partial charge in [-0.1, -0.05) is 66.7 Å². The van der Waals surface area contributed by atoms with Crippen LogP contribution in [0.2, 0.25) is 10.0 Å². The lowest BCUT2D eigenvalue weighted by molar-refractivity contribution is -0.140. The normalized spacial score (nSPS) is 14.3. The highest BCUT2D eigenvalue weighted by Crippen LogP contribution is 2.28. The zero-order valence-electron chi connectivity index (χ0n) is 24.6. The molecule has 4 rings (SSSR count). The van der Waals surface area contributed by atoms with Crippen LogP contribution in [0, 0.1) is 6.92 Å². The van der Waals surface area contributed by atoms with Crippen LogP contribution >= 0.6 is 23.2 Å². The van der Waals surface area contributed by atoms with Gasteiger partial charge in [0.2, 0.25) is 11.8 Å². The van der Waals surface area contributed by atoms with E-state index in [2.05, 4.69) is 5.32 Å². The van der Waals surface area contributed by atoms with Gasteiger partial charge in [0.1, 0.15) is 18.3 Å². The molecule has 0 radical (unpaired) electrons. The Morgan fingerprint density at radius 3 is 2.23 bits per heavy atom. The van der Waals surface area contributed by atoms with Crippen molar-refractivity contribution in [3.05, 3.63) is 87.9 Å². The number of aryl methyl sites for hydroxylation is 1. The third kappa shape index (κ3) is 8.02. The van der Waals surface area contributed by atoms with E-state index >= 15 is 0 Å². The summed E-state index contributed by atoms with van der Waals surface area (Å²) in [5.74, 6) is -0.285. The summed E-state index contributed by atoms with van der Waals surface area (Å²) in [5, 5.41) is 3.88. The largest absolute Gasteiger partial charge is 0.497 e. The number of methoxy groups -OCH3 is 1. The first-order valence-corrected chi connectivity index (χ1v) is 16.5. The van der Waals surface area contributed by atoms with Crippen molar-refractivity contribution < 1.29 is 22.7 Å². The molecule has 1 unspecified atom stereocenters. The van der Waals surface area contributed by atoms with Crippen LogP contribution in [0.1, 0.15) is 50.2 Å². The van der Waals surface area contributed by atoms with E-state index in [4.69, 9.17) is 27.9 Å². The minimum atomic E-state index is -4.18. The van der Waals surface area contributed by atoms with Crippen molar-refractivity contribution in [2.24, 2.45) is 0 Å². The van der Waals surface area contributed by atoms with Crippen LogP contribution in [0.15, 0.2) is 71.6 Å². The first-order valence-electron chi connectivity index (χ1n) is 14.3. The molecule has 0 aromatic heterocycles. The molecule has 0 heterocycles. The predicted molar refractivity (Wildman–Crippen MR) is 170 cm³/mol. The molecular weight excluding hydrogens is 609 g/mol. The second-order valence-corrected chi connectivity index (χ2v) is 13.4. The Hall–Kier alpha value is -3.27. The lowest BCUT2D eigenvalue weighted by Gasteiger charge is -2.34. The summed E-state index contributed by atoms with van der Waals surface area (Å²) >= 11 is 12.6. The fourth-order valence-corrected chi connectivity index (χ4v) is 7.12. The highest BCUT2D eigenvalue weighted by atomic mass is 35.5. The monoisotopic (exact) mass is 645 g/mol. The fraction of sp³-hybridized carbons (Fsp3) is 0.375. The van der Waals surface area contributed by atoms with Gasteiger partial charge in [-0.2, -0.15) is 0 Å². The Morgan fingerprint density at radius 2 is 1.65 bits per heavy atom. The fourth-order valence-electron chi connectivity index (χ4n) is 5.24. The maximum absolute atomic E-state index is 14.3. The van der Waals surface area contributed by atoms with Crippen molar-refractivity contribution in [1.82, 2.24) is 10.2 Å². The van der Waals surface area contributed by atoms with Gasteiger partial charge in [-0.15, -0.1) is 0 Å². The zero-order chi connectivity index (χ0) is 31.1. The number of benzene rings is 3. The smallest absolute Gasteiger partial charge is 0.264 e. The van der Waals surface area contributed by atoms with E-state index in [0.29, 0.717) is 27.8 Å². The maximum atomic E-state index is 14.3. The number of nitrogens with one attached hydrogen (secondary N) is 1. The van der Waals surface area contributed by atoms with Crippen molar-refractivity contribution >= 4 is 50.7 Å². The summed E-state index contributed by atoms with van der Waals surface area (Å²) in [6.07, 6.45) is 4.18. The minimum absolute atomic E-state index is 0.00748. The highest BCUT2D eigenvalue weighted by Gasteiger charge is 2.35. The number of hydrogen-bond donors (Lipinski definition) is 1. The van der Waals surface area contributed by atoms with Crippen LogP contribution in [-0.2, 0) is 26.2 Å². The van der Waals surface area contributed by atoms with Gasteiger partial charge < -0.3 is 15.0 Å². The van der Waals surface area contributed by atoms with Crippen molar-refractivity contribution in [3.63, 3.8) is 0 Å². The minimum Gasteiger partial charge on any atom is -0.497 e. The number of amides is 2. The van der Waals surface area contributed by atoms with E-state index in [1.54, 1.807) is 54.6 Å². The molecule has 3 aromatic rings. The van der Waals surface area contributed by atoms with Crippen LogP contribution in [-0.4, -0.2) is 50.9 Å². The number of rotatable bonds is 12. The SMILES string of the molecule is CCC(C(=O)NC1CCCC1)N(Cc1ccc(Cl)cc1Cl)C(=O)CN(c1ccc(OC)cc1)S(=O)(=O)c1ccc(C)cc1. The molecule has 0 bridgehead atoms. The summed E-state index contributed by atoms with van der Waals surface area (Å²) in [6.45, 7) is 3.14. The standard InChI is InChI=1S/C32H37Cl2N3O5S/c1-4-30(32(39)35-25-7-5-6-8-25)36(20-23-11-12-24(33)19-29(23)34)31(38)21-37(26-13-15-27(42-3)16-14-26)43(40,41)28-17-9-22(2)10-18-28/h9-19,25,30H,4-8,20-21H2,1-3H3,(H,35,39). The van der Waals surface area contributed by atoms with Gasteiger partial charge in [-0.25, -0.2) is 8.42 Å². The second-order valence-electron chi connectivity index (χ2n) is 10.7. The molecule has 3 aromatic carbocycles. The average molecular weight is 647 g/mol. The molecule has 0 spiro atoms. The average Bonchev–Trinajstić information content (AvgIpc) is 3.50.